The minimum absolute atomic E-state index is 0.312. The van der Waals surface area contributed by atoms with Gasteiger partial charge in [0.05, 0.1) is 0 Å². The third-order valence-electron chi connectivity index (χ3n) is 3.68. The van der Waals surface area contributed by atoms with Crippen molar-refractivity contribution in [3.63, 3.8) is 0 Å². The Kier molecular flexibility index (Phi) is 2.69. The van der Waals surface area contributed by atoms with Crippen molar-refractivity contribution in [3.05, 3.63) is 11.1 Å². The summed E-state index contributed by atoms with van der Waals surface area (Å²) in [7, 11) is 0. The van der Waals surface area contributed by atoms with E-state index >= 15 is 0 Å². The second-order valence-corrected chi connectivity index (χ2v) is 5.62. The maximum atomic E-state index is 6.02. The first-order valence-corrected chi connectivity index (χ1v) is 5.93. The Bertz CT molecular complexity index is 227. The number of allylic oxidation sites excluding steroid dienone is 2. The van der Waals surface area contributed by atoms with Crippen LogP contribution in [0, 0.1) is 11.8 Å². The predicted molar refractivity (Wildman–Crippen MR) is 58.1 cm³/mol. The Labute approximate surface area is 86.4 Å². The molecule has 0 spiro atoms. The van der Waals surface area contributed by atoms with Crippen LogP contribution in [-0.4, -0.2) is 5.38 Å². The Morgan fingerprint density at radius 2 is 2.31 bits per heavy atom. The van der Waals surface area contributed by atoms with E-state index in [1.807, 2.05) is 0 Å². The molecule has 1 heteroatoms. The van der Waals surface area contributed by atoms with E-state index in [4.69, 9.17) is 11.6 Å². The maximum Gasteiger partial charge on any atom is 0.0344 e. The van der Waals surface area contributed by atoms with Crippen LogP contribution in [0.1, 0.15) is 46.0 Å². The van der Waals surface area contributed by atoms with Gasteiger partial charge in [-0.05, 0) is 57.8 Å². The Morgan fingerprint density at radius 3 is 2.77 bits per heavy atom. The third-order valence-corrected chi connectivity index (χ3v) is 3.83. The van der Waals surface area contributed by atoms with Gasteiger partial charge in [0.25, 0.3) is 0 Å². The Morgan fingerprint density at radius 1 is 1.54 bits per heavy atom. The van der Waals surface area contributed by atoms with Gasteiger partial charge in [-0.1, -0.05) is 11.1 Å². The van der Waals surface area contributed by atoms with Crippen molar-refractivity contribution in [2.24, 2.45) is 11.8 Å². The molecule has 0 aromatic carbocycles. The van der Waals surface area contributed by atoms with Crippen molar-refractivity contribution >= 4 is 11.6 Å². The molecule has 0 heterocycles. The molecular formula is C12H19Cl. The normalized spacial score (nSPS) is 38.1. The fourth-order valence-electron chi connectivity index (χ4n) is 3.13. The molecule has 0 N–H and O–H groups in total. The van der Waals surface area contributed by atoms with E-state index in [-0.39, 0.29) is 0 Å². The highest BCUT2D eigenvalue weighted by Gasteiger charge is 2.36. The van der Waals surface area contributed by atoms with E-state index in [1.165, 1.54) is 25.7 Å². The Hall–Kier alpha value is 0.0300. The molecule has 2 aliphatic carbocycles. The second kappa shape index (κ2) is 3.65. The van der Waals surface area contributed by atoms with E-state index < -0.39 is 0 Å². The topological polar surface area (TPSA) is 0 Å². The van der Waals surface area contributed by atoms with Gasteiger partial charge in [-0.25, -0.2) is 0 Å². The monoisotopic (exact) mass is 198 g/mol. The highest BCUT2D eigenvalue weighted by atomic mass is 35.5. The van der Waals surface area contributed by atoms with Crippen LogP contribution < -0.4 is 0 Å². The van der Waals surface area contributed by atoms with E-state index in [9.17, 15) is 0 Å². The average Bonchev–Trinajstić information content (AvgIpc) is 2.62. The van der Waals surface area contributed by atoms with Gasteiger partial charge in [-0.3, -0.25) is 0 Å². The minimum Gasteiger partial charge on any atom is -0.123 e. The summed E-state index contributed by atoms with van der Waals surface area (Å²) in [5, 5.41) is 0.312. The fraction of sp³-hybridized carbons (Fsp3) is 0.833. The quantitative estimate of drug-likeness (QED) is 0.462. The van der Waals surface area contributed by atoms with Crippen molar-refractivity contribution in [1.82, 2.24) is 0 Å². The molecule has 2 saturated carbocycles. The zero-order valence-electron chi connectivity index (χ0n) is 8.65. The number of hydrogen-bond acceptors (Lipinski definition) is 0. The SMILES string of the molecule is CC(CC(C)Cl)=C1CC2CCC1C2. The number of rotatable bonds is 2. The number of fused-ring (bicyclic) bond motifs is 2. The maximum absolute atomic E-state index is 6.02. The molecule has 2 aliphatic rings. The van der Waals surface area contributed by atoms with Gasteiger partial charge in [-0.2, -0.15) is 0 Å². The standard InChI is InChI=1S/C12H19Cl/c1-8(5-9(2)13)12-7-10-3-4-11(12)6-10/h9-11H,3-7H2,1-2H3. The van der Waals surface area contributed by atoms with Gasteiger partial charge < -0.3 is 0 Å². The number of hydrogen-bond donors (Lipinski definition) is 0. The van der Waals surface area contributed by atoms with Gasteiger partial charge in [0.15, 0.2) is 0 Å². The van der Waals surface area contributed by atoms with Crippen molar-refractivity contribution in [1.29, 1.82) is 0 Å². The van der Waals surface area contributed by atoms with Crippen molar-refractivity contribution in [3.8, 4) is 0 Å². The smallest absolute Gasteiger partial charge is 0.0344 e. The third kappa shape index (κ3) is 1.93. The molecule has 0 saturated heterocycles. The van der Waals surface area contributed by atoms with Gasteiger partial charge >= 0.3 is 0 Å². The van der Waals surface area contributed by atoms with Crippen LogP contribution in [-0.2, 0) is 0 Å². The molecule has 2 bridgehead atoms. The first kappa shape index (κ1) is 9.58. The van der Waals surface area contributed by atoms with E-state index in [1.54, 1.807) is 11.1 Å². The van der Waals surface area contributed by atoms with E-state index in [2.05, 4.69) is 13.8 Å². The summed E-state index contributed by atoms with van der Waals surface area (Å²) in [4.78, 5) is 0. The van der Waals surface area contributed by atoms with Crippen LogP contribution in [0.5, 0.6) is 0 Å². The summed E-state index contributed by atoms with van der Waals surface area (Å²) in [6, 6.07) is 0. The summed E-state index contributed by atoms with van der Waals surface area (Å²) in [6.07, 6.45) is 6.90. The van der Waals surface area contributed by atoms with Crippen molar-refractivity contribution in [2.75, 3.05) is 0 Å². The molecule has 74 valence electrons. The van der Waals surface area contributed by atoms with Crippen LogP contribution in [0.4, 0.5) is 0 Å². The lowest BCUT2D eigenvalue weighted by Gasteiger charge is -2.17. The number of halogens is 1. The molecule has 0 aliphatic heterocycles. The first-order valence-electron chi connectivity index (χ1n) is 5.49. The van der Waals surface area contributed by atoms with Gasteiger partial charge in [0, 0.05) is 5.38 Å². The highest BCUT2D eigenvalue weighted by molar-refractivity contribution is 6.20. The van der Waals surface area contributed by atoms with Crippen LogP contribution >= 0.6 is 11.6 Å². The van der Waals surface area contributed by atoms with E-state index in [0.717, 1.165) is 18.3 Å². The summed E-state index contributed by atoms with van der Waals surface area (Å²) in [5.74, 6) is 1.97. The summed E-state index contributed by atoms with van der Waals surface area (Å²) < 4.78 is 0. The van der Waals surface area contributed by atoms with Crippen LogP contribution in [0.25, 0.3) is 0 Å². The predicted octanol–water partition coefficient (Wildman–Crippen LogP) is 4.14. The molecule has 0 amide bonds. The molecule has 13 heavy (non-hydrogen) atoms. The molecule has 0 radical (unpaired) electrons. The van der Waals surface area contributed by atoms with Crippen LogP contribution in [0.3, 0.4) is 0 Å². The van der Waals surface area contributed by atoms with Crippen LogP contribution in [0.2, 0.25) is 0 Å². The highest BCUT2D eigenvalue weighted by Crippen LogP contribution is 2.49. The number of alkyl halides is 1. The van der Waals surface area contributed by atoms with E-state index in [0.29, 0.717) is 5.38 Å². The lowest BCUT2D eigenvalue weighted by molar-refractivity contribution is 0.555. The molecule has 2 rings (SSSR count). The summed E-state index contributed by atoms with van der Waals surface area (Å²) >= 11 is 6.02. The minimum atomic E-state index is 0.312. The first-order chi connectivity index (χ1) is 6.16. The average molecular weight is 199 g/mol. The van der Waals surface area contributed by atoms with Gasteiger partial charge in [-0.15, -0.1) is 11.6 Å². The zero-order chi connectivity index (χ0) is 9.42. The fourth-order valence-corrected chi connectivity index (χ4v) is 3.36. The molecule has 2 fully saturated rings. The lowest BCUT2D eigenvalue weighted by Crippen LogP contribution is -2.03. The van der Waals surface area contributed by atoms with Crippen molar-refractivity contribution < 1.29 is 0 Å². The summed E-state index contributed by atoms with van der Waals surface area (Å²) in [5.41, 5.74) is 3.36. The summed E-state index contributed by atoms with van der Waals surface area (Å²) in [6.45, 7) is 4.38. The van der Waals surface area contributed by atoms with Crippen LogP contribution in [0.15, 0.2) is 11.1 Å². The Balaban J connectivity index is 2.07. The molecule has 0 aromatic rings. The van der Waals surface area contributed by atoms with Gasteiger partial charge in [0.1, 0.15) is 0 Å². The largest absolute Gasteiger partial charge is 0.123 e. The second-order valence-electron chi connectivity index (χ2n) is 4.87. The molecule has 0 nitrogen and oxygen atoms in total. The molecular weight excluding hydrogens is 180 g/mol. The van der Waals surface area contributed by atoms with Crippen molar-refractivity contribution in [2.45, 2.75) is 51.3 Å². The molecule has 3 unspecified atom stereocenters. The van der Waals surface area contributed by atoms with Gasteiger partial charge in [0.2, 0.25) is 0 Å². The zero-order valence-corrected chi connectivity index (χ0v) is 9.40. The molecule has 0 aromatic heterocycles. The molecule has 3 atom stereocenters. The lowest BCUT2D eigenvalue weighted by atomic mass is 9.90.